The quantitative estimate of drug-likeness (QED) is 0.659. The molecular formula is C13H16N4S. The fourth-order valence-electron chi connectivity index (χ4n) is 1.46. The summed E-state index contributed by atoms with van der Waals surface area (Å²) in [5.41, 5.74) is 10.8. The molecule has 0 radical (unpaired) electrons. The number of benzene rings is 1. The third kappa shape index (κ3) is 3.30. The molecule has 1 aromatic carbocycles. The number of guanidine groups is 1. The number of aromatic nitrogens is 1. The maximum absolute atomic E-state index is 5.83. The molecule has 0 spiro atoms. The molecule has 4 nitrogen and oxygen atoms in total. The Morgan fingerprint density at radius 3 is 2.67 bits per heavy atom. The Hall–Kier alpha value is -1.88. The monoisotopic (exact) mass is 260 g/mol. The molecule has 94 valence electrons. The van der Waals surface area contributed by atoms with Gasteiger partial charge < -0.3 is 11.1 Å². The molecule has 0 fully saturated rings. The van der Waals surface area contributed by atoms with Crippen LogP contribution in [0.15, 0.2) is 34.8 Å². The van der Waals surface area contributed by atoms with Gasteiger partial charge in [-0.2, -0.15) is 0 Å². The molecule has 0 saturated heterocycles. The summed E-state index contributed by atoms with van der Waals surface area (Å²) in [5.74, 6) is 0.423. The van der Waals surface area contributed by atoms with Crippen molar-refractivity contribution in [3.05, 3.63) is 45.9 Å². The maximum atomic E-state index is 5.83. The van der Waals surface area contributed by atoms with Crippen LogP contribution in [0, 0.1) is 13.8 Å². The third-order valence-corrected chi connectivity index (χ3v) is 3.48. The lowest BCUT2D eigenvalue weighted by Gasteiger charge is -2.05. The van der Waals surface area contributed by atoms with Crippen molar-refractivity contribution < 1.29 is 0 Å². The van der Waals surface area contributed by atoms with E-state index in [0.29, 0.717) is 12.5 Å². The first-order valence-corrected chi connectivity index (χ1v) is 6.55. The summed E-state index contributed by atoms with van der Waals surface area (Å²) in [6.45, 7) is 4.60. The van der Waals surface area contributed by atoms with Crippen LogP contribution in [0.3, 0.4) is 0 Å². The van der Waals surface area contributed by atoms with Crippen molar-refractivity contribution in [2.75, 3.05) is 5.32 Å². The van der Waals surface area contributed by atoms with Crippen molar-refractivity contribution in [2.45, 2.75) is 20.4 Å². The molecule has 18 heavy (non-hydrogen) atoms. The summed E-state index contributed by atoms with van der Waals surface area (Å²) in [4.78, 5) is 9.62. The number of nitrogens with zero attached hydrogens (tertiary/aromatic N) is 2. The average Bonchev–Trinajstić information content (AvgIpc) is 2.75. The molecule has 0 unspecified atom stereocenters. The van der Waals surface area contributed by atoms with Crippen molar-refractivity contribution in [3.8, 4) is 0 Å². The highest BCUT2D eigenvalue weighted by Crippen LogP contribution is 2.13. The van der Waals surface area contributed by atoms with Gasteiger partial charge in [-0.3, -0.25) is 0 Å². The number of nitrogens with two attached hydrogens (primary N) is 1. The highest BCUT2D eigenvalue weighted by molar-refractivity contribution is 7.09. The van der Waals surface area contributed by atoms with Gasteiger partial charge in [0, 0.05) is 10.6 Å². The number of thiazole rings is 1. The fraction of sp³-hybridized carbons (Fsp3) is 0.231. The molecule has 3 N–H and O–H groups in total. The molecule has 2 rings (SSSR count). The predicted molar refractivity (Wildman–Crippen MR) is 77.0 cm³/mol. The van der Waals surface area contributed by atoms with Gasteiger partial charge in [0.2, 0.25) is 0 Å². The Balaban J connectivity index is 1.97. The molecule has 5 heteroatoms. The highest BCUT2D eigenvalue weighted by Gasteiger charge is 2.00. The van der Waals surface area contributed by atoms with E-state index in [-0.39, 0.29) is 0 Å². The minimum Gasteiger partial charge on any atom is -0.370 e. The van der Waals surface area contributed by atoms with E-state index in [0.717, 1.165) is 16.3 Å². The molecule has 0 amide bonds. The van der Waals surface area contributed by atoms with E-state index in [1.807, 2.05) is 43.6 Å². The number of nitrogens with one attached hydrogen (secondary N) is 1. The van der Waals surface area contributed by atoms with Gasteiger partial charge >= 0.3 is 0 Å². The van der Waals surface area contributed by atoms with E-state index < -0.39 is 0 Å². The number of hydrogen-bond acceptors (Lipinski definition) is 3. The number of aryl methyl sites for hydroxylation is 2. The summed E-state index contributed by atoms with van der Waals surface area (Å²) in [5, 5.41) is 3.06. The van der Waals surface area contributed by atoms with E-state index in [1.54, 1.807) is 11.3 Å². The third-order valence-electron chi connectivity index (χ3n) is 2.56. The fourth-order valence-corrected chi connectivity index (χ4v) is 2.16. The Morgan fingerprint density at radius 1 is 1.33 bits per heavy atom. The van der Waals surface area contributed by atoms with E-state index >= 15 is 0 Å². The Bertz CT molecular complexity index is 542. The van der Waals surface area contributed by atoms with E-state index in [4.69, 9.17) is 5.73 Å². The molecule has 0 aliphatic heterocycles. The predicted octanol–water partition coefficient (Wildman–Crippen LogP) is 2.69. The first-order valence-electron chi connectivity index (χ1n) is 5.68. The second-order valence-corrected chi connectivity index (χ2v) is 4.99. The molecule has 1 heterocycles. The number of rotatable bonds is 3. The van der Waals surface area contributed by atoms with Crippen LogP contribution >= 0.6 is 11.3 Å². The summed E-state index contributed by atoms with van der Waals surface area (Å²) in [7, 11) is 0. The summed E-state index contributed by atoms with van der Waals surface area (Å²) in [6.07, 6.45) is 0. The zero-order valence-electron chi connectivity index (χ0n) is 10.5. The number of anilines is 1. The van der Waals surface area contributed by atoms with Gasteiger partial charge in [-0.15, -0.1) is 11.3 Å². The van der Waals surface area contributed by atoms with Gasteiger partial charge in [-0.05, 0) is 26.0 Å². The van der Waals surface area contributed by atoms with Gasteiger partial charge in [0.1, 0.15) is 0 Å². The van der Waals surface area contributed by atoms with Crippen molar-refractivity contribution in [1.29, 1.82) is 0 Å². The molecule has 2 aromatic rings. The minimum absolute atomic E-state index is 0.423. The van der Waals surface area contributed by atoms with Crippen LogP contribution in [0.5, 0.6) is 0 Å². The summed E-state index contributed by atoms with van der Waals surface area (Å²) < 4.78 is 0. The van der Waals surface area contributed by atoms with Crippen molar-refractivity contribution in [2.24, 2.45) is 10.7 Å². The second-order valence-electron chi connectivity index (χ2n) is 4.05. The van der Waals surface area contributed by atoms with Gasteiger partial charge in [-0.1, -0.05) is 17.7 Å². The first-order chi connectivity index (χ1) is 8.65. The van der Waals surface area contributed by atoms with Crippen LogP contribution in [-0.4, -0.2) is 10.9 Å². The Kier molecular flexibility index (Phi) is 3.94. The highest BCUT2D eigenvalue weighted by atomic mass is 32.1. The van der Waals surface area contributed by atoms with Gasteiger partial charge in [-0.25, -0.2) is 9.98 Å². The standard InChI is InChI=1S/C13H16N4S/c1-9-3-5-11(6-4-9)17-13(14)15-7-12-10(2)16-8-18-12/h3-6,8H,7H2,1-2H3,(H3,14,15,17). The first kappa shape index (κ1) is 12.6. The van der Waals surface area contributed by atoms with Crippen molar-refractivity contribution >= 4 is 23.0 Å². The van der Waals surface area contributed by atoms with Crippen LogP contribution < -0.4 is 11.1 Å². The van der Waals surface area contributed by atoms with E-state index in [2.05, 4.69) is 15.3 Å². The number of aliphatic imine (C=N–C) groups is 1. The Morgan fingerprint density at radius 2 is 2.06 bits per heavy atom. The lowest BCUT2D eigenvalue weighted by Crippen LogP contribution is -2.22. The van der Waals surface area contributed by atoms with E-state index in [1.165, 1.54) is 5.56 Å². The largest absolute Gasteiger partial charge is 0.370 e. The topological polar surface area (TPSA) is 63.3 Å². The van der Waals surface area contributed by atoms with E-state index in [9.17, 15) is 0 Å². The van der Waals surface area contributed by atoms with Crippen LogP contribution in [-0.2, 0) is 6.54 Å². The van der Waals surface area contributed by atoms with Crippen LogP contribution in [0.2, 0.25) is 0 Å². The van der Waals surface area contributed by atoms with Gasteiger partial charge in [0.25, 0.3) is 0 Å². The molecule has 0 saturated carbocycles. The van der Waals surface area contributed by atoms with Crippen LogP contribution in [0.4, 0.5) is 5.69 Å². The molecule has 0 aliphatic rings. The average molecular weight is 260 g/mol. The minimum atomic E-state index is 0.423. The summed E-state index contributed by atoms with van der Waals surface area (Å²) in [6, 6.07) is 8.03. The van der Waals surface area contributed by atoms with Crippen LogP contribution in [0.25, 0.3) is 0 Å². The smallest absolute Gasteiger partial charge is 0.193 e. The molecule has 0 bridgehead atoms. The summed E-state index contributed by atoms with van der Waals surface area (Å²) >= 11 is 1.60. The van der Waals surface area contributed by atoms with Gasteiger partial charge in [0.15, 0.2) is 5.96 Å². The molecular weight excluding hydrogens is 244 g/mol. The normalized spacial score (nSPS) is 11.6. The maximum Gasteiger partial charge on any atom is 0.193 e. The lowest BCUT2D eigenvalue weighted by atomic mass is 10.2. The second kappa shape index (κ2) is 5.64. The van der Waals surface area contributed by atoms with Crippen molar-refractivity contribution in [3.63, 3.8) is 0 Å². The molecule has 1 aromatic heterocycles. The zero-order valence-corrected chi connectivity index (χ0v) is 11.3. The molecule has 0 atom stereocenters. The van der Waals surface area contributed by atoms with Crippen molar-refractivity contribution in [1.82, 2.24) is 4.98 Å². The lowest BCUT2D eigenvalue weighted by molar-refractivity contribution is 1.05. The van der Waals surface area contributed by atoms with Gasteiger partial charge in [0.05, 0.1) is 17.7 Å². The molecule has 0 aliphatic carbocycles. The Labute approximate surface area is 111 Å². The van der Waals surface area contributed by atoms with Crippen LogP contribution in [0.1, 0.15) is 16.1 Å². The zero-order chi connectivity index (χ0) is 13.0. The number of hydrogen-bond donors (Lipinski definition) is 2. The SMILES string of the molecule is Cc1ccc(NC(N)=NCc2scnc2C)cc1.